The molecule has 1 aromatic carbocycles. The van der Waals surface area contributed by atoms with Crippen LogP contribution in [0.2, 0.25) is 5.02 Å². The molecule has 4 aromatic rings. The highest BCUT2D eigenvalue weighted by Crippen LogP contribution is 2.34. The maximum Gasteiger partial charge on any atom is 0.263 e. The number of benzene rings is 1. The minimum Gasteiger partial charge on any atom is -0.300 e. The second-order valence-corrected chi connectivity index (χ2v) is 8.40. The van der Waals surface area contributed by atoms with Gasteiger partial charge in [-0.3, -0.25) is 14.2 Å². The Morgan fingerprint density at radius 2 is 1.96 bits per heavy atom. The van der Waals surface area contributed by atoms with E-state index in [0.29, 0.717) is 27.6 Å². The molecule has 0 spiro atoms. The van der Waals surface area contributed by atoms with E-state index in [1.807, 2.05) is 35.0 Å². The van der Waals surface area contributed by atoms with Gasteiger partial charge in [0, 0.05) is 39.4 Å². The number of aromatic nitrogens is 2. The topological polar surface area (TPSA) is 52.0 Å². The highest BCUT2D eigenvalue weighted by molar-refractivity contribution is 7.18. The lowest BCUT2D eigenvalue weighted by molar-refractivity contribution is -0.117. The predicted molar refractivity (Wildman–Crippen MR) is 113 cm³/mol. The zero-order chi connectivity index (χ0) is 19.0. The molecule has 0 saturated carbocycles. The van der Waals surface area contributed by atoms with Gasteiger partial charge in [-0.15, -0.1) is 22.7 Å². The van der Waals surface area contributed by atoms with E-state index in [0.717, 1.165) is 16.0 Å². The third-order valence-electron chi connectivity index (χ3n) is 4.27. The summed E-state index contributed by atoms with van der Waals surface area (Å²) in [4.78, 5) is 31.4. The van der Waals surface area contributed by atoms with Crippen molar-refractivity contribution < 1.29 is 4.79 Å². The first-order valence-electron chi connectivity index (χ1n) is 8.36. The summed E-state index contributed by atoms with van der Waals surface area (Å²) < 4.78 is 1.61. The lowest BCUT2D eigenvalue weighted by Gasteiger charge is -2.12. The van der Waals surface area contributed by atoms with Gasteiger partial charge in [0.2, 0.25) is 0 Å². The quantitative estimate of drug-likeness (QED) is 0.434. The number of halogens is 1. The summed E-state index contributed by atoms with van der Waals surface area (Å²) in [5, 5.41) is 5.20. The smallest absolute Gasteiger partial charge is 0.263 e. The maximum absolute atomic E-state index is 13.4. The summed E-state index contributed by atoms with van der Waals surface area (Å²) in [6.45, 7) is 1.83. The van der Waals surface area contributed by atoms with Crippen LogP contribution in [0.1, 0.15) is 13.3 Å². The maximum atomic E-state index is 13.4. The highest BCUT2D eigenvalue weighted by Gasteiger charge is 2.18. The number of ketones is 1. The third-order valence-corrected chi connectivity index (χ3v) is 6.30. The number of carbonyl (C=O) groups excluding carboxylic acids is 1. The molecule has 4 rings (SSSR count). The van der Waals surface area contributed by atoms with E-state index in [4.69, 9.17) is 16.6 Å². The van der Waals surface area contributed by atoms with Gasteiger partial charge in [0.1, 0.15) is 16.4 Å². The van der Waals surface area contributed by atoms with E-state index in [-0.39, 0.29) is 17.8 Å². The zero-order valence-electron chi connectivity index (χ0n) is 14.4. The molecule has 0 N–H and O–H groups in total. The Balaban J connectivity index is 1.97. The van der Waals surface area contributed by atoms with E-state index in [1.165, 1.54) is 18.3 Å². The van der Waals surface area contributed by atoms with Crippen LogP contribution in [0.15, 0.2) is 52.0 Å². The Hall–Kier alpha value is -2.28. The first kappa shape index (κ1) is 18.1. The highest BCUT2D eigenvalue weighted by atomic mass is 35.5. The van der Waals surface area contributed by atoms with Crippen molar-refractivity contribution >= 4 is 50.3 Å². The Kier molecular flexibility index (Phi) is 4.95. The number of Topliss-reactive ketones (excluding diaryl/α,β-unsaturated/α-hetero) is 1. The fourth-order valence-corrected chi connectivity index (χ4v) is 4.81. The molecule has 27 heavy (non-hydrogen) atoms. The van der Waals surface area contributed by atoms with Crippen molar-refractivity contribution in [1.29, 1.82) is 0 Å². The van der Waals surface area contributed by atoms with E-state index >= 15 is 0 Å². The number of fused-ring (bicyclic) bond motifs is 1. The number of hydrogen-bond donors (Lipinski definition) is 0. The molecule has 0 aliphatic carbocycles. The third kappa shape index (κ3) is 3.48. The molecule has 136 valence electrons. The minimum atomic E-state index is -0.115. The number of nitrogens with zero attached hydrogens (tertiary/aromatic N) is 2. The summed E-state index contributed by atoms with van der Waals surface area (Å²) in [5.74, 6) is 0.595. The van der Waals surface area contributed by atoms with Crippen LogP contribution >= 0.6 is 34.3 Å². The first-order chi connectivity index (χ1) is 13.0. The standard InChI is InChI=1S/C20H15ClN2O2S2/c1-12(24)8-9-23-18(13-4-6-14(21)7-5-13)22-19-17(20(23)25)15(11-27-19)16-3-2-10-26-16/h2-7,10-11H,8-9H2,1H3. The van der Waals surface area contributed by atoms with Gasteiger partial charge >= 0.3 is 0 Å². The van der Waals surface area contributed by atoms with Crippen molar-refractivity contribution in [3.63, 3.8) is 0 Å². The summed E-state index contributed by atoms with van der Waals surface area (Å²) in [6.07, 6.45) is 0.284. The van der Waals surface area contributed by atoms with E-state index in [2.05, 4.69) is 0 Å². The lowest BCUT2D eigenvalue weighted by atomic mass is 10.1. The summed E-state index contributed by atoms with van der Waals surface area (Å²) in [7, 11) is 0. The van der Waals surface area contributed by atoms with Crippen LogP contribution in [0.5, 0.6) is 0 Å². The van der Waals surface area contributed by atoms with Crippen LogP contribution in [-0.2, 0) is 11.3 Å². The molecular weight excluding hydrogens is 400 g/mol. The molecule has 0 radical (unpaired) electrons. The van der Waals surface area contributed by atoms with Crippen molar-refractivity contribution in [3.8, 4) is 21.8 Å². The van der Waals surface area contributed by atoms with Crippen LogP contribution in [0.4, 0.5) is 0 Å². The van der Waals surface area contributed by atoms with Crippen molar-refractivity contribution in [3.05, 3.63) is 62.5 Å². The normalized spacial score (nSPS) is 11.2. The number of carbonyl (C=O) groups is 1. The average molecular weight is 415 g/mol. The predicted octanol–water partition coefficient (Wildman–Crippen LogP) is 5.49. The molecule has 0 unspecified atom stereocenters. The fraction of sp³-hybridized carbons (Fsp3) is 0.150. The van der Waals surface area contributed by atoms with Crippen LogP contribution in [0.25, 0.3) is 32.0 Å². The van der Waals surface area contributed by atoms with Crippen molar-refractivity contribution in [2.45, 2.75) is 19.9 Å². The molecule has 0 amide bonds. The number of thiophene rings is 2. The number of rotatable bonds is 5. The molecular formula is C20H15ClN2O2S2. The molecule has 7 heteroatoms. The summed E-state index contributed by atoms with van der Waals surface area (Å²) in [5.41, 5.74) is 1.59. The molecule has 0 atom stereocenters. The molecule has 0 bridgehead atoms. The van der Waals surface area contributed by atoms with Gasteiger partial charge in [-0.2, -0.15) is 0 Å². The van der Waals surface area contributed by atoms with Gasteiger partial charge < -0.3 is 0 Å². The minimum absolute atomic E-state index is 0.0350. The van der Waals surface area contributed by atoms with Gasteiger partial charge in [0.25, 0.3) is 5.56 Å². The van der Waals surface area contributed by atoms with E-state index < -0.39 is 0 Å². The summed E-state index contributed by atoms with van der Waals surface area (Å²) >= 11 is 9.05. The van der Waals surface area contributed by atoms with Gasteiger partial charge in [0.05, 0.1) is 5.39 Å². The average Bonchev–Trinajstić information content (AvgIpc) is 3.30. The second-order valence-electron chi connectivity index (χ2n) is 6.16. The van der Waals surface area contributed by atoms with Crippen molar-refractivity contribution in [2.24, 2.45) is 0 Å². The molecule has 3 heterocycles. The van der Waals surface area contributed by atoms with Crippen LogP contribution in [0, 0.1) is 0 Å². The molecule has 0 fully saturated rings. The van der Waals surface area contributed by atoms with Gasteiger partial charge in [-0.25, -0.2) is 4.98 Å². The van der Waals surface area contributed by atoms with Crippen molar-refractivity contribution in [2.75, 3.05) is 0 Å². The first-order valence-corrected chi connectivity index (χ1v) is 10.5. The summed E-state index contributed by atoms with van der Waals surface area (Å²) in [6, 6.07) is 11.2. The largest absolute Gasteiger partial charge is 0.300 e. The molecule has 3 aromatic heterocycles. The zero-order valence-corrected chi connectivity index (χ0v) is 16.8. The second kappa shape index (κ2) is 7.38. The molecule has 0 aliphatic heterocycles. The SMILES string of the molecule is CC(=O)CCn1c(-c2ccc(Cl)cc2)nc2scc(-c3cccs3)c2c1=O. The van der Waals surface area contributed by atoms with Crippen molar-refractivity contribution in [1.82, 2.24) is 9.55 Å². The van der Waals surface area contributed by atoms with Gasteiger partial charge in [-0.1, -0.05) is 17.7 Å². The van der Waals surface area contributed by atoms with Gasteiger partial charge in [-0.05, 0) is 42.6 Å². The van der Waals surface area contributed by atoms with Crippen LogP contribution < -0.4 is 5.56 Å². The monoisotopic (exact) mass is 414 g/mol. The fourth-order valence-electron chi connectivity index (χ4n) is 2.93. The van der Waals surface area contributed by atoms with Crippen LogP contribution in [0.3, 0.4) is 0 Å². The van der Waals surface area contributed by atoms with Gasteiger partial charge in [0.15, 0.2) is 0 Å². The molecule has 0 aliphatic rings. The molecule has 4 nitrogen and oxygen atoms in total. The lowest BCUT2D eigenvalue weighted by Crippen LogP contribution is -2.24. The Morgan fingerprint density at radius 1 is 1.19 bits per heavy atom. The molecule has 0 saturated heterocycles. The van der Waals surface area contributed by atoms with E-state index in [9.17, 15) is 9.59 Å². The Morgan fingerprint density at radius 3 is 2.63 bits per heavy atom. The number of hydrogen-bond acceptors (Lipinski definition) is 5. The van der Waals surface area contributed by atoms with Crippen LogP contribution in [-0.4, -0.2) is 15.3 Å². The Labute approximate surface area is 168 Å². The van der Waals surface area contributed by atoms with E-state index in [1.54, 1.807) is 28.0 Å². The Bertz CT molecular complexity index is 1180.